The number of nitrogens with one attached hydrogen (secondary N) is 1. The van der Waals surface area contributed by atoms with Gasteiger partial charge in [0.15, 0.2) is 23.2 Å². The average molecular weight is 383 g/mol. The van der Waals surface area contributed by atoms with Crippen LogP contribution in [0.5, 0.6) is 0 Å². The van der Waals surface area contributed by atoms with Crippen LogP contribution in [0.25, 0.3) is 11.2 Å². The molecule has 2 aromatic heterocycles. The average Bonchev–Trinajstić information content (AvgIpc) is 3.38. The van der Waals surface area contributed by atoms with E-state index < -0.39 is 24.5 Å². The summed E-state index contributed by atoms with van der Waals surface area (Å²) in [6, 6.07) is 8.60. The first kappa shape index (κ1) is 17.5. The highest BCUT2D eigenvalue weighted by molar-refractivity contribution is 5.83. The Hall–Kier alpha value is -2.59. The van der Waals surface area contributed by atoms with Crippen molar-refractivity contribution < 1.29 is 20.1 Å². The number of imidazole rings is 1. The van der Waals surface area contributed by atoms with Crippen molar-refractivity contribution in [1.29, 1.82) is 0 Å². The topological polar surface area (TPSA) is 126 Å². The van der Waals surface area contributed by atoms with E-state index in [-0.39, 0.29) is 12.6 Å². The lowest BCUT2D eigenvalue weighted by Gasteiger charge is -2.17. The van der Waals surface area contributed by atoms with Crippen LogP contribution in [0.3, 0.4) is 0 Å². The Morgan fingerprint density at radius 1 is 1.07 bits per heavy atom. The molecule has 1 unspecified atom stereocenters. The summed E-state index contributed by atoms with van der Waals surface area (Å²) in [5, 5.41) is 33.1. The molecular weight excluding hydrogens is 362 g/mol. The van der Waals surface area contributed by atoms with Gasteiger partial charge in [-0.1, -0.05) is 24.3 Å². The summed E-state index contributed by atoms with van der Waals surface area (Å²) in [6.07, 6.45) is 0.674. The number of aromatic nitrogens is 4. The second-order valence-corrected chi connectivity index (χ2v) is 7.29. The van der Waals surface area contributed by atoms with Crippen molar-refractivity contribution >= 4 is 17.0 Å². The van der Waals surface area contributed by atoms with E-state index in [1.54, 1.807) is 4.57 Å². The molecule has 1 aromatic carbocycles. The quantitative estimate of drug-likeness (QED) is 0.497. The van der Waals surface area contributed by atoms with Gasteiger partial charge in [-0.25, -0.2) is 15.0 Å². The molecule has 1 aliphatic carbocycles. The largest absolute Gasteiger partial charge is 0.394 e. The summed E-state index contributed by atoms with van der Waals surface area (Å²) in [6.45, 7) is -0.384. The number of ether oxygens (including phenoxy) is 1. The molecule has 0 spiro atoms. The number of nitrogens with zero attached hydrogens (tertiary/aromatic N) is 4. The number of hydrogen-bond donors (Lipinski definition) is 4. The van der Waals surface area contributed by atoms with Gasteiger partial charge in [0.1, 0.15) is 24.6 Å². The van der Waals surface area contributed by atoms with E-state index in [1.165, 1.54) is 23.8 Å². The third-order valence-corrected chi connectivity index (χ3v) is 5.54. The van der Waals surface area contributed by atoms with Crippen molar-refractivity contribution in [2.75, 3.05) is 11.9 Å². The fourth-order valence-corrected chi connectivity index (χ4v) is 4.11. The molecule has 0 bridgehead atoms. The lowest BCUT2D eigenvalue weighted by molar-refractivity contribution is -0.0511. The number of fused-ring (bicyclic) bond motifs is 2. The molecule has 0 amide bonds. The Balaban J connectivity index is 1.42. The van der Waals surface area contributed by atoms with Crippen LogP contribution in [0.4, 0.5) is 5.82 Å². The predicted octanol–water partition coefficient (Wildman–Crippen LogP) is 0.0171. The van der Waals surface area contributed by atoms with Gasteiger partial charge in [0.2, 0.25) is 0 Å². The summed E-state index contributed by atoms with van der Waals surface area (Å²) in [7, 11) is 0. The molecule has 3 heterocycles. The fourth-order valence-electron chi connectivity index (χ4n) is 4.11. The molecule has 28 heavy (non-hydrogen) atoms. The molecule has 0 radical (unpaired) electrons. The van der Waals surface area contributed by atoms with Gasteiger partial charge in [0.25, 0.3) is 0 Å². The van der Waals surface area contributed by atoms with Crippen molar-refractivity contribution in [1.82, 2.24) is 19.5 Å². The normalized spacial score (nSPS) is 27.4. The summed E-state index contributed by atoms with van der Waals surface area (Å²) in [5.74, 6) is 0.619. The first-order valence-electron chi connectivity index (χ1n) is 9.29. The minimum atomic E-state index is -1.19. The van der Waals surface area contributed by atoms with Crippen LogP contribution in [0.2, 0.25) is 0 Å². The van der Waals surface area contributed by atoms with Gasteiger partial charge in [0, 0.05) is 6.04 Å². The molecule has 1 fully saturated rings. The smallest absolute Gasteiger partial charge is 0.167 e. The van der Waals surface area contributed by atoms with Gasteiger partial charge in [-0.3, -0.25) is 4.57 Å². The fraction of sp³-hybridized carbons (Fsp3) is 0.421. The maximum Gasteiger partial charge on any atom is 0.167 e. The van der Waals surface area contributed by atoms with Crippen LogP contribution in [0, 0.1) is 0 Å². The highest BCUT2D eigenvalue weighted by Gasteiger charge is 2.44. The van der Waals surface area contributed by atoms with E-state index in [0.29, 0.717) is 17.0 Å². The number of hydrogen-bond acceptors (Lipinski definition) is 8. The third kappa shape index (κ3) is 2.75. The molecule has 3 aromatic rings. The van der Waals surface area contributed by atoms with Gasteiger partial charge in [0.05, 0.1) is 12.9 Å². The van der Waals surface area contributed by atoms with Crippen LogP contribution in [-0.4, -0.2) is 65.8 Å². The summed E-state index contributed by atoms with van der Waals surface area (Å²) >= 11 is 0. The lowest BCUT2D eigenvalue weighted by Crippen LogP contribution is -2.33. The van der Waals surface area contributed by atoms with E-state index in [9.17, 15) is 15.3 Å². The van der Waals surface area contributed by atoms with E-state index >= 15 is 0 Å². The van der Waals surface area contributed by atoms with Crippen molar-refractivity contribution in [2.45, 2.75) is 43.4 Å². The molecule has 0 saturated carbocycles. The first-order valence-corrected chi connectivity index (χ1v) is 9.29. The van der Waals surface area contributed by atoms with Crippen molar-refractivity contribution in [3.8, 4) is 0 Å². The Bertz CT molecular complexity index is 984. The van der Waals surface area contributed by atoms with Crippen molar-refractivity contribution in [2.24, 2.45) is 0 Å². The zero-order valence-electron chi connectivity index (χ0n) is 15.0. The zero-order chi connectivity index (χ0) is 19.3. The monoisotopic (exact) mass is 383 g/mol. The highest BCUT2D eigenvalue weighted by Crippen LogP contribution is 2.32. The minimum Gasteiger partial charge on any atom is -0.394 e. The molecule has 4 atom stereocenters. The number of aliphatic hydroxyl groups excluding tert-OH is 3. The Morgan fingerprint density at radius 3 is 2.50 bits per heavy atom. The van der Waals surface area contributed by atoms with Gasteiger partial charge in [-0.05, 0) is 24.0 Å². The van der Waals surface area contributed by atoms with Gasteiger partial charge in [-0.15, -0.1) is 0 Å². The Morgan fingerprint density at radius 2 is 1.82 bits per heavy atom. The molecule has 9 heteroatoms. The number of rotatable bonds is 4. The van der Waals surface area contributed by atoms with Crippen molar-refractivity contribution in [3.05, 3.63) is 48.0 Å². The van der Waals surface area contributed by atoms with Crippen LogP contribution in [0.1, 0.15) is 17.4 Å². The zero-order valence-corrected chi connectivity index (χ0v) is 15.0. The first-order chi connectivity index (χ1) is 13.7. The van der Waals surface area contributed by atoms with Gasteiger partial charge < -0.3 is 25.4 Å². The van der Waals surface area contributed by atoms with Crippen molar-refractivity contribution in [3.63, 3.8) is 0 Å². The Labute approximate surface area is 160 Å². The van der Waals surface area contributed by atoms with Crippen LogP contribution in [-0.2, 0) is 17.6 Å². The Kier molecular flexibility index (Phi) is 4.24. The molecule has 5 rings (SSSR count). The lowest BCUT2D eigenvalue weighted by atomic mass is 10.1. The van der Waals surface area contributed by atoms with Crippen LogP contribution >= 0.6 is 0 Å². The van der Waals surface area contributed by atoms with Gasteiger partial charge >= 0.3 is 0 Å². The molecule has 1 saturated heterocycles. The number of benzene rings is 1. The van der Waals surface area contributed by atoms with Crippen LogP contribution < -0.4 is 5.32 Å². The van der Waals surface area contributed by atoms with E-state index in [0.717, 1.165) is 12.8 Å². The molecule has 4 N–H and O–H groups in total. The van der Waals surface area contributed by atoms with E-state index in [4.69, 9.17) is 4.74 Å². The van der Waals surface area contributed by atoms with E-state index in [2.05, 4.69) is 32.4 Å². The maximum absolute atomic E-state index is 10.3. The van der Waals surface area contributed by atoms with E-state index in [1.807, 2.05) is 12.1 Å². The van der Waals surface area contributed by atoms with Crippen LogP contribution in [0.15, 0.2) is 36.9 Å². The molecular formula is C19H21N5O4. The number of aliphatic hydroxyl groups is 3. The van der Waals surface area contributed by atoms with Gasteiger partial charge in [-0.2, -0.15) is 0 Å². The molecule has 1 aliphatic heterocycles. The standard InChI is InChI=1S/C19H21N5O4/c25-7-13-15(26)16(27)19(28-13)24-9-22-14-17(20-8-21-18(14)24)23-12-5-10-3-1-2-4-11(10)6-12/h1-4,8-9,12-13,15-16,19,25-27H,5-7H2,(H,20,21,23)/t13-,15+,16?,19-/m1/s1. The number of anilines is 1. The highest BCUT2D eigenvalue weighted by atomic mass is 16.6. The maximum atomic E-state index is 10.3. The predicted molar refractivity (Wildman–Crippen MR) is 99.6 cm³/mol. The minimum absolute atomic E-state index is 0.217. The summed E-state index contributed by atoms with van der Waals surface area (Å²) in [5.41, 5.74) is 3.73. The summed E-state index contributed by atoms with van der Waals surface area (Å²) in [4.78, 5) is 13.0. The SMILES string of the molecule is OC[C@H]1O[C@@H](n2cnc3c(NC4Cc5ccccc5C4)ncnc32)C(O)[C@H]1O. The third-order valence-electron chi connectivity index (χ3n) is 5.54. The second-order valence-electron chi connectivity index (χ2n) is 7.29. The molecule has 9 nitrogen and oxygen atoms in total. The second kappa shape index (κ2) is 6.78. The molecule has 2 aliphatic rings. The molecule has 146 valence electrons. The summed E-state index contributed by atoms with van der Waals surface area (Å²) < 4.78 is 7.16.